The zero-order valence-corrected chi connectivity index (χ0v) is 8.19. The maximum absolute atomic E-state index is 11.4. The van der Waals surface area contributed by atoms with Crippen LogP contribution in [-0.2, 0) is 19.1 Å². The van der Waals surface area contributed by atoms with E-state index in [9.17, 15) is 9.59 Å². The van der Waals surface area contributed by atoms with Crippen molar-refractivity contribution in [2.75, 3.05) is 6.61 Å². The number of rotatable bonds is 1. The van der Waals surface area contributed by atoms with Crippen LogP contribution in [-0.4, -0.2) is 24.6 Å². The minimum Gasteiger partial charge on any atom is -0.465 e. The van der Waals surface area contributed by atoms with E-state index in [0.29, 0.717) is 6.61 Å². The van der Waals surface area contributed by atoms with E-state index in [1.54, 1.807) is 0 Å². The number of fused-ring (bicyclic) bond motifs is 1. The molecule has 1 saturated carbocycles. The summed E-state index contributed by atoms with van der Waals surface area (Å²) in [5.41, 5.74) is 0. The van der Waals surface area contributed by atoms with Crippen LogP contribution in [0, 0.1) is 11.8 Å². The van der Waals surface area contributed by atoms with Crippen molar-refractivity contribution < 1.29 is 19.1 Å². The van der Waals surface area contributed by atoms with Crippen LogP contribution in [0.4, 0.5) is 0 Å². The second-order valence-corrected chi connectivity index (χ2v) is 3.99. The Kier molecular flexibility index (Phi) is 2.44. The first-order valence-electron chi connectivity index (χ1n) is 5.02. The van der Waals surface area contributed by atoms with E-state index in [-0.39, 0.29) is 29.9 Å². The average molecular weight is 198 g/mol. The van der Waals surface area contributed by atoms with Crippen LogP contribution in [0.2, 0.25) is 0 Å². The van der Waals surface area contributed by atoms with Gasteiger partial charge in [0.25, 0.3) is 0 Å². The van der Waals surface area contributed by atoms with Crippen molar-refractivity contribution in [2.45, 2.75) is 32.3 Å². The standard InChI is InChI=1S/C10H14O4/c1-6(11)14-8-4-2-3-7-5-13-10(12)9(7)8/h7-9H,2-5H2,1H3/t7-,8+,9+/m1/s1. The van der Waals surface area contributed by atoms with Gasteiger partial charge in [-0.15, -0.1) is 0 Å². The molecule has 2 rings (SSSR count). The Morgan fingerprint density at radius 3 is 3.00 bits per heavy atom. The molecular weight excluding hydrogens is 184 g/mol. The van der Waals surface area contributed by atoms with Crippen LogP contribution < -0.4 is 0 Å². The fraction of sp³-hybridized carbons (Fsp3) is 0.800. The van der Waals surface area contributed by atoms with Crippen molar-refractivity contribution in [1.82, 2.24) is 0 Å². The van der Waals surface area contributed by atoms with Crippen molar-refractivity contribution in [3.05, 3.63) is 0 Å². The van der Waals surface area contributed by atoms with Gasteiger partial charge in [0.05, 0.1) is 12.5 Å². The zero-order valence-electron chi connectivity index (χ0n) is 8.19. The summed E-state index contributed by atoms with van der Waals surface area (Å²) in [5.74, 6) is -0.440. The molecule has 4 nitrogen and oxygen atoms in total. The number of cyclic esters (lactones) is 1. The fourth-order valence-corrected chi connectivity index (χ4v) is 2.41. The lowest BCUT2D eigenvalue weighted by molar-refractivity contribution is -0.156. The first-order chi connectivity index (χ1) is 6.68. The molecule has 14 heavy (non-hydrogen) atoms. The van der Waals surface area contributed by atoms with Crippen LogP contribution >= 0.6 is 0 Å². The van der Waals surface area contributed by atoms with Gasteiger partial charge in [0.1, 0.15) is 6.10 Å². The molecule has 0 N–H and O–H groups in total. The number of hydrogen-bond acceptors (Lipinski definition) is 4. The SMILES string of the molecule is CC(=O)O[C@H]1CCC[C@@H]2COC(=O)[C@@H]21. The molecule has 4 heteroatoms. The molecule has 0 aromatic rings. The van der Waals surface area contributed by atoms with Crippen LogP contribution in [0.1, 0.15) is 26.2 Å². The molecule has 0 radical (unpaired) electrons. The number of carbonyl (C=O) groups is 2. The van der Waals surface area contributed by atoms with Gasteiger partial charge in [0.15, 0.2) is 0 Å². The highest BCUT2D eigenvalue weighted by atomic mass is 16.6. The smallest absolute Gasteiger partial charge is 0.313 e. The van der Waals surface area contributed by atoms with Crippen molar-refractivity contribution in [3.8, 4) is 0 Å². The van der Waals surface area contributed by atoms with Gasteiger partial charge in [-0.25, -0.2) is 0 Å². The average Bonchev–Trinajstić information content (AvgIpc) is 2.48. The van der Waals surface area contributed by atoms with E-state index in [0.717, 1.165) is 19.3 Å². The summed E-state index contributed by atoms with van der Waals surface area (Å²) < 4.78 is 10.1. The molecule has 78 valence electrons. The van der Waals surface area contributed by atoms with Gasteiger partial charge in [0.2, 0.25) is 0 Å². The lowest BCUT2D eigenvalue weighted by Gasteiger charge is -2.29. The molecule has 1 aliphatic heterocycles. The zero-order chi connectivity index (χ0) is 10.1. The predicted molar refractivity (Wildman–Crippen MR) is 47.3 cm³/mol. The second kappa shape index (κ2) is 3.59. The summed E-state index contributed by atoms with van der Waals surface area (Å²) >= 11 is 0. The molecular formula is C10H14O4. The summed E-state index contributed by atoms with van der Waals surface area (Å²) in [6.45, 7) is 1.88. The maximum atomic E-state index is 11.4. The first-order valence-corrected chi connectivity index (χ1v) is 5.02. The molecule has 2 aliphatic rings. The predicted octanol–water partition coefficient (Wildman–Crippen LogP) is 0.891. The molecule has 0 unspecified atom stereocenters. The van der Waals surface area contributed by atoms with E-state index in [2.05, 4.69) is 0 Å². The summed E-state index contributed by atoms with van der Waals surface area (Å²) in [4.78, 5) is 22.2. The Morgan fingerprint density at radius 2 is 2.29 bits per heavy atom. The Balaban J connectivity index is 2.08. The summed E-state index contributed by atoms with van der Waals surface area (Å²) in [7, 11) is 0. The van der Waals surface area contributed by atoms with E-state index in [1.807, 2.05) is 0 Å². The minimum atomic E-state index is -0.310. The third kappa shape index (κ3) is 1.61. The number of carbonyl (C=O) groups excluding carboxylic acids is 2. The molecule has 0 aromatic carbocycles. The molecule has 3 atom stereocenters. The fourth-order valence-electron chi connectivity index (χ4n) is 2.41. The van der Waals surface area contributed by atoms with E-state index < -0.39 is 0 Å². The van der Waals surface area contributed by atoms with E-state index in [4.69, 9.17) is 9.47 Å². The number of esters is 2. The van der Waals surface area contributed by atoms with Crippen molar-refractivity contribution in [1.29, 1.82) is 0 Å². The maximum Gasteiger partial charge on any atom is 0.313 e. The molecule has 1 aliphatic carbocycles. The summed E-state index contributed by atoms with van der Waals surface area (Å²) in [6.07, 6.45) is 2.56. The summed E-state index contributed by atoms with van der Waals surface area (Å²) in [6, 6.07) is 0. The molecule has 0 bridgehead atoms. The Bertz CT molecular complexity index is 261. The largest absolute Gasteiger partial charge is 0.465 e. The van der Waals surface area contributed by atoms with Gasteiger partial charge in [-0.3, -0.25) is 9.59 Å². The third-order valence-corrected chi connectivity index (χ3v) is 3.00. The van der Waals surface area contributed by atoms with E-state index >= 15 is 0 Å². The second-order valence-electron chi connectivity index (χ2n) is 3.99. The Hall–Kier alpha value is -1.06. The van der Waals surface area contributed by atoms with Gasteiger partial charge in [-0.05, 0) is 19.3 Å². The normalized spacial score (nSPS) is 36.1. The lowest BCUT2D eigenvalue weighted by atomic mass is 9.79. The van der Waals surface area contributed by atoms with Gasteiger partial charge < -0.3 is 9.47 Å². The number of hydrogen-bond donors (Lipinski definition) is 0. The lowest BCUT2D eigenvalue weighted by Crippen LogP contribution is -2.36. The Morgan fingerprint density at radius 1 is 1.50 bits per heavy atom. The van der Waals surface area contributed by atoms with Crippen LogP contribution in [0.25, 0.3) is 0 Å². The van der Waals surface area contributed by atoms with Gasteiger partial charge in [0, 0.05) is 12.8 Å². The molecule has 0 amide bonds. The van der Waals surface area contributed by atoms with Gasteiger partial charge in [-0.2, -0.15) is 0 Å². The van der Waals surface area contributed by atoms with Crippen molar-refractivity contribution in [3.63, 3.8) is 0 Å². The highest BCUT2D eigenvalue weighted by Gasteiger charge is 2.45. The van der Waals surface area contributed by atoms with Gasteiger partial charge >= 0.3 is 11.9 Å². The molecule has 2 fully saturated rings. The summed E-state index contributed by atoms with van der Waals surface area (Å²) in [5, 5.41) is 0. The molecule has 1 heterocycles. The van der Waals surface area contributed by atoms with Crippen molar-refractivity contribution >= 4 is 11.9 Å². The highest BCUT2D eigenvalue weighted by molar-refractivity contribution is 5.76. The minimum absolute atomic E-state index is 0.194. The highest BCUT2D eigenvalue weighted by Crippen LogP contribution is 2.37. The first kappa shape index (κ1) is 9.49. The van der Waals surface area contributed by atoms with Gasteiger partial charge in [-0.1, -0.05) is 0 Å². The Labute approximate surface area is 82.6 Å². The quantitative estimate of drug-likeness (QED) is 0.587. The number of ether oxygens (including phenoxy) is 2. The third-order valence-electron chi connectivity index (χ3n) is 3.00. The van der Waals surface area contributed by atoms with Crippen molar-refractivity contribution in [2.24, 2.45) is 11.8 Å². The molecule has 0 aromatic heterocycles. The van der Waals surface area contributed by atoms with Crippen LogP contribution in [0.15, 0.2) is 0 Å². The monoisotopic (exact) mass is 198 g/mol. The molecule has 1 saturated heterocycles. The van der Waals surface area contributed by atoms with Crippen LogP contribution in [0.3, 0.4) is 0 Å². The topological polar surface area (TPSA) is 52.6 Å². The molecule has 0 spiro atoms. The van der Waals surface area contributed by atoms with E-state index in [1.165, 1.54) is 6.92 Å². The van der Waals surface area contributed by atoms with Crippen LogP contribution in [0.5, 0.6) is 0 Å².